The van der Waals surface area contributed by atoms with Gasteiger partial charge < -0.3 is 10.1 Å². The molecule has 0 fully saturated rings. The van der Waals surface area contributed by atoms with E-state index in [9.17, 15) is 4.79 Å². The van der Waals surface area contributed by atoms with Crippen LogP contribution in [-0.4, -0.2) is 12.0 Å². The molecule has 0 saturated heterocycles. The highest BCUT2D eigenvalue weighted by Crippen LogP contribution is 2.15. The summed E-state index contributed by atoms with van der Waals surface area (Å²) in [4.78, 5) is 12.2. The molecular weight excluding hydrogens is 286 g/mol. The van der Waals surface area contributed by atoms with Gasteiger partial charge in [0.25, 0.3) is 0 Å². The molecule has 0 bridgehead atoms. The number of carbonyl (C=O) groups excluding carboxylic acids is 1. The highest BCUT2D eigenvalue weighted by Gasteiger charge is 2.07. The number of carbonyl (C=O) groups is 1. The molecule has 0 unspecified atom stereocenters. The molecule has 2 aromatic rings. The van der Waals surface area contributed by atoms with Crippen molar-refractivity contribution in [3.8, 4) is 5.75 Å². The average Bonchev–Trinajstić information content (AvgIpc) is 2.49. The minimum Gasteiger partial charge on any atom is -0.491 e. The lowest BCUT2D eigenvalue weighted by atomic mass is 10.0. The summed E-state index contributed by atoms with van der Waals surface area (Å²) in [6, 6.07) is 14.0. The molecule has 23 heavy (non-hydrogen) atoms. The van der Waals surface area contributed by atoms with Gasteiger partial charge in [0, 0.05) is 6.54 Å². The molecule has 3 nitrogen and oxygen atoms in total. The van der Waals surface area contributed by atoms with Crippen molar-refractivity contribution in [2.75, 3.05) is 0 Å². The summed E-state index contributed by atoms with van der Waals surface area (Å²) in [5.41, 5.74) is 4.45. The maximum absolute atomic E-state index is 12.2. The van der Waals surface area contributed by atoms with E-state index in [0.29, 0.717) is 13.0 Å². The molecule has 1 N–H and O–H groups in total. The highest BCUT2D eigenvalue weighted by molar-refractivity contribution is 5.79. The van der Waals surface area contributed by atoms with E-state index >= 15 is 0 Å². The van der Waals surface area contributed by atoms with Crippen molar-refractivity contribution in [3.63, 3.8) is 0 Å². The Bertz CT molecular complexity index is 677. The van der Waals surface area contributed by atoms with Crippen LogP contribution in [0.15, 0.2) is 42.5 Å². The van der Waals surface area contributed by atoms with Crippen molar-refractivity contribution >= 4 is 5.91 Å². The summed E-state index contributed by atoms with van der Waals surface area (Å²) in [5, 5.41) is 2.98. The third kappa shape index (κ3) is 5.44. The van der Waals surface area contributed by atoms with Crippen LogP contribution in [-0.2, 0) is 17.8 Å². The molecule has 0 heterocycles. The predicted octanol–water partition coefficient (Wildman–Crippen LogP) is 3.95. The molecule has 1 amide bonds. The van der Waals surface area contributed by atoms with Crippen molar-refractivity contribution in [1.29, 1.82) is 0 Å². The molecule has 2 rings (SSSR count). The topological polar surface area (TPSA) is 38.3 Å². The highest BCUT2D eigenvalue weighted by atomic mass is 16.5. The standard InChI is InChI=1S/C20H25NO2/c1-14(2)23-19-7-5-6-17(11-19)13-21-20(22)12-18-10-15(3)8-9-16(18)4/h5-11,14H,12-13H2,1-4H3,(H,21,22). The summed E-state index contributed by atoms with van der Waals surface area (Å²) in [6.45, 7) is 8.59. The van der Waals surface area contributed by atoms with E-state index in [2.05, 4.69) is 23.5 Å². The van der Waals surface area contributed by atoms with Crippen molar-refractivity contribution in [3.05, 3.63) is 64.7 Å². The lowest BCUT2D eigenvalue weighted by Crippen LogP contribution is -2.24. The number of amides is 1. The fourth-order valence-corrected chi connectivity index (χ4v) is 2.43. The Kier molecular flexibility index (Phi) is 5.80. The van der Waals surface area contributed by atoms with Crippen molar-refractivity contribution in [2.45, 2.75) is 46.8 Å². The molecule has 122 valence electrons. The van der Waals surface area contributed by atoms with Crippen LogP contribution < -0.4 is 10.1 Å². The first-order chi connectivity index (χ1) is 10.9. The number of ether oxygens (including phenoxy) is 1. The number of hydrogen-bond donors (Lipinski definition) is 1. The van der Waals surface area contributed by atoms with E-state index in [-0.39, 0.29) is 12.0 Å². The van der Waals surface area contributed by atoms with Gasteiger partial charge in [0.15, 0.2) is 0 Å². The second-order valence-electron chi connectivity index (χ2n) is 6.20. The van der Waals surface area contributed by atoms with Crippen molar-refractivity contribution in [2.24, 2.45) is 0 Å². The molecule has 3 heteroatoms. The maximum atomic E-state index is 12.2. The van der Waals surface area contributed by atoms with Crippen LogP contribution in [0.2, 0.25) is 0 Å². The zero-order chi connectivity index (χ0) is 16.8. The van der Waals surface area contributed by atoms with Gasteiger partial charge in [0.1, 0.15) is 5.75 Å². The lowest BCUT2D eigenvalue weighted by Gasteiger charge is -2.12. The van der Waals surface area contributed by atoms with Gasteiger partial charge in [0.05, 0.1) is 12.5 Å². The summed E-state index contributed by atoms with van der Waals surface area (Å²) >= 11 is 0. The SMILES string of the molecule is Cc1ccc(C)c(CC(=O)NCc2cccc(OC(C)C)c2)c1. The van der Waals surface area contributed by atoms with Crippen LogP contribution in [0, 0.1) is 13.8 Å². The van der Waals surface area contributed by atoms with Crippen molar-refractivity contribution in [1.82, 2.24) is 5.32 Å². The molecule has 0 radical (unpaired) electrons. The van der Waals surface area contributed by atoms with Gasteiger partial charge in [-0.2, -0.15) is 0 Å². The van der Waals surface area contributed by atoms with E-state index in [4.69, 9.17) is 4.74 Å². The molecule has 0 aromatic heterocycles. The number of hydrogen-bond acceptors (Lipinski definition) is 2. The van der Waals surface area contributed by atoms with Gasteiger partial charge >= 0.3 is 0 Å². The molecule has 0 aliphatic heterocycles. The van der Waals surface area contributed by atoms with Crippen LogP contribution in [0.25, 0.3) is 0 Å². The van der Waals surface area contributed by atoms with Gasteiger partial charge in [-0.15, -0.1) is 0 Å². The Morgan fingerprint density at radius 2 is 1.91 bits per heavy atom. The Balaban J connectivity index is 1.93. The zero-order valence-corrected chi connectivity index (χ0v) is 14.3. The van der Waals surface area contributed by atoms with Crippen LogP contribution in [0.3, 0.4) is 0 Å². The molecular formula is C20H25NO2. The van der Waals surface area contributed by atoms with Crippen molar-refractivity contribution < 1.29 is 9.53 Å². The summed E-state index contributed by atoms with van der Waals surface area (Å²) in [7, 11) is 0. The van der Waals surface area contributed by atoms with E-state index in [0.717, 1.165) is 22.4 Å². The zero-order valence-electron chi connectivity index (χ0n) is 14.3. The molecule has 0 aliphatic carbocycles. The third-order valence-corrected chi connectivity index (χ3v) is 3.62. The first-order valence-electron chi connectivity index (χ1n) is 8.02. The molecule has 0 aliphatic rings. The predicted molar refractivity (Wildman–Crippen MR) is 93.7 cm³/mol. The van der Waals surface area contributed by atoms with E-state index in [1.54, 1.807) is 0 Å². The number of aryl methyl sites for hydroxylation is 2. The van der Waals surface area contributed by atoms with Crippen LogP contribution in [0.1, 0.15) is 36.1 Å². The molecule has 0 saturated carbocycles. The third-order valence-electron chi connectivity index (χ3n) is 3.62. The number of benzene rings is 2. The summed E-state index contributed by atoms with van der Waals surface area (Å²) < 4.78 is 5.67. The second kappa shape index (κ2) is 7.82. The Morgan fingerprint density at radius 1 is 1.13 bits per heavy atom. The monoisotopic (exact) mass is 311 g/mol. The van der Waals surface area contributed by atoms with Gasteiger partial charge in [-0.05, 0) is 56.5 Å². The van der Waals surface area contributed by atoms with Crippen LogP contribution in [0.4, 0.5) is 0 Å². The normalized spacial score (nSPS) is 10.7. The van der Waals surface area contributed by atoms with Gasteiger partial charge in [-0.1, -0.05) is 35.9 Å². The molecule has 0 spiro atoms. The fraction of sp³-hybridized carbons (Fsp3) is 0.350. The minimum atomic E-state index is 0.0360. The Labute approximate surface area is 138 Å². The van der Waals surface area contributed by atoms with E-state index in [1.807, 2.05) is 52.0 Å². The lowest BCUT2D eigenvalue weighted by molar-refractivity contribution is -0.120. The second-order valence-corrected chi connectivity index (χ2v) is 6.20. The maximum Gasteiger partial charge on any atom is 0.224 e. The largest absolute Gasteiger partial charge is 0.491 e. The van der Waals surface area contributed by atoms with Gasteiger partial charge in [0.2, 0.25) is 5.91 Å². The number of nitrogens with one attached hydrogen (secondary N) is 1. The van der Waals surface area contributed by atoms with E-state index < -0.39 is 0 Å². The quantitative estimate of drug-likeness (QED) is 0.877. The smallest absolute Gasteiger partial charge is 0.224 e. The van der Waals surface area contributed by atoms with E-state index in [1.165, 1.54) is 5.56 Å². The Morgan fingerprint density at radius 3 is 2.65 bits per heavy atom. The fourth-order valence-electron chi connectivity index (χ4n) is 2.43. The molecule has 0 atom stereocenters. The number of rotatable bonds is 6. The molecule has 2 aromatic carbocycles. The summed E-state index contributed by atoms with van der Waals surface area (Å²) in [6.07, 6.45) is 0.555. The summed E-state index contributed by atoms with van der Waals surface area (Å²) in [5.74, 6) is 0.871. The average molecular weight is 311 g/mol. The van der Waals surface area contributed by atoms with Crippen LogP contribution >= 0.6 is 0 Å². The van der Waals surface area contributed by atoms with Crippen LogP contribution in [0.5, 0.6) is 5.75 Å². The first kappa shape index (κ1) is 17.1. The van der Waals surface area contributed by atoms with Gasteiger partial charge in [-0.25, -0.2) is 0 Å². The van der Waals surface area contributed by atoms with Gasteiger partial charge in [-0.3, -0.25) is 4.79 Å². The minimum absolute atomic E-state index is 0.0360. The Hall–Kier alpha value is -2.29. The first-order valence-corrected chi connectivity index (χ1v) is 8.02.